The number of benzene rings is 1. The van der Waals surface area contributed by atoms with E-state index in [0.717, 1.165) is 38.0 Å². The Balaban J connectivity index is 1.79. The maximum Gasteiger partial charge on any atom is 0.251 e. The van der Waals surface area contributed by atoms with E-state index in [0.29, 0.717) is 18.0 Å². The van der Waals surface area contributed by atoms with Crippen molar-refractivity contribution in [1.82, 2.24) is 10.2 Å². The molecule has 0 saturated carbocycles. The molecule has 1 aromatic rings. The molecule has 1 aliphatic heterocycles. The number of hydrogen-bond acceptors (Lipinski definition) is 4. The standard InChI is InChI=1S/C16H24N2O3/c1-12-9-14(20)4-5-15(12)16(21)17-6-8-18-7-2-3-13(10-18)11-19/h4-5,9,13,19-20H,2-3,6-8,10-11H2,1H3,(H,17,21)/t13-/m1/s1. The van der Waals surface area contributed by atoms with Crippen LogP contribution >= 0.6 is 0 Å². The van der Waals surface area contributed by atoms with Crippen LogP contribution in [-0.4, -0.2) is 53.8 Å². The Labute approximate surface area is 125 Å². The zero-order valence-electron chi connectivity index (χ0n) is 12.5. The molecule has 0 unspecified atom stereocenters. The van der Waals surface area contributed by atoms with Gasteiger partial charge in [-0.3, -0.25) is 4.79 Å². The highest BCUT2D eigenvalue weighted by Crippen LogP contribution is 2.16. The van der Waals surface area contributed by atoms with Gasteiger partial charge in [0.2, 0.25) is 0 Å². The van der Waals surface area contributed by atoms with Crippen molar-refractivity contribution < 1.29 is 15.0 Å². The van der Waals surface area contributed by atoms with Crippen molar-refractivity contribution >= 4 is 5.91 Å². The van der Waals surface area contributed by atoms with Gasteiger partial charge >= 0.3 is 0 Å². The number of nitrogens with zero attached hydrogens (tertiary/aromatic N) is 1. The molecule has 1 fully saturated rings. The number of likely N-dealkylation sites (tertiary alicyclic amines) is 1. The SMILES string of the molecule is Cc1cc(O)ccc1C(=O)NCCN1CCC[C@@H](CO)C1. The number of phenolic OH excluding ortho intramolecular Hbond substituents is 1. The summed E-state index contributed by atoms with van der Waals surface area (Å²) in [6.07, 6.45) is 2.20. The number of aliphatic hydroxyl groups is 1. The van der Waals surface area contributed by atoms with Crippen molar-refractivity contribution in [2.75, 3.05) is 32.8 Å². The first-order valence-corrected chi connectivity index (χ1v) is 7.51. The highest BCUT2D eigenvalue weighted by Gasteiger charge is 2.19. The Morgan fingerprint density at radius 1 is 1.48 bits per heavy atom. The minimum Gasteiger partial charge on any atom is -0.508 e. The molecule has 5 heteroatoms. The molecule has 3 N–H and O–H groups in total. The monoisotopic (exact) mass is 292 g/mol. The van der Waals surface area contributed by atoms with E-state index < -0.39 is 0 Å². The number of nitrogens with one attached hydrogen (secondary N) is 1. The van der Waals surface area contributed by atoms with E-state index in [9.17, 15) is 15.0 Å². The van der Waals surface area contributed by atoms with Crippen LogP contribution < -0.4 is 5.32 Å². The number of amides is 1. The molecule has 1 amide bonds. The van der Waals surface area contributed by atoms with Gasteiger partial charge in [-0.05, 0) is 56.0 Å². The summed E-state index contributed by atoms with van der Waals surface area (Å²) in [4.78, 5) is 14.4. The average Bonchev–Trinajstić information content (AvgIpc) is 2.47. The summed E-state index contributed by atoms with van der Waals surface area (Å²) in [5.74, 6) is 0.435. The Morgan fingerprint density at radius 2 is 2.29 bits per heavy atom. The van der Waals surface area contributed by atoms with E-state index in [4.69, 9.17) is 0 Å². The molecular formula is C16H24N2O3. The molecule has 0 aromatic heterocycles. The molecule has 5 nitrogen and oxygen atoms in total. The summed E-state index contributed by atoms with van der Waals surface area (Å²) in [7, 11) is 0. The van der Waals surface area contributed by atoms with Crippen LogP contribution in [0.4, 0.5) is 0 Å². The number of hydrogen-bond donors (Lipinski definition) is 3. The summed E-state index contributed by atoms with van der Waals surface area (Å²) >= 11 is 0. The van der Waals surface area contributed by atoms with E-state index in [1.54, 1.807) is 12.1 Å². The lowest BCUT2D eigenvalue weighted by Gasteiger charge is -2.31. The first-order chi connectivity index (χ1) is 10.1. The molecule has 1 saturated heterocycles. The topological polar surface area (TPSA) is 72.8 Å². The van der Waals surface area contributed by atoms with Crippen molar-refractivity contribution in [3.05, 3.63) is 29.3 Å². The van der Waals surface area contributed by atoms with Crippen LogP contribution in [0, 0.1) is 12.8 Å². The summed E-state index contributed by atoms with van der Waals surface area (Å²) < 4.78 is 0. The number of carbonyl (C=O) groups excluding carboxylic acids is 1. The number of aromatic hydroxyl groups is 1. The van der Waals surface area contributed by atoms with E-state index in [-0.39, 0.29) is 18.3 Å². The second-order valence-corrected chi connectivity index (χ2v) is 5.75. The first kappa shape index (κ1) is 15.8. The predicted octanol–water partition coefficient (Wildman–Crippen LogP) is 1.13. The summed E-state index contributed by atoms with van der Waals surface area (Å²) in [6.45, 7) is 5.40. The van der Waals surface area contributed by atoms with Crippen molar-refractivity contribution in [2.24, 2.45) is 5.92 Å². The molecule has 0 aliphatic carbocycles. The first-order valence-electron chi connectivity index (χ1n) is 7.51. The molecule has 0 bridgehead atoms. The molecule has 21 heavy (non-hydrogen) atoms. The molecule has 1 heterocycles. The number of rotatable bonds is 5. The van der Waals surface area contributed by atoms with Crippen LogP contribution in [0.1, 0.15) is 28.8 Å². The van der Waals surface area contributed by atoms with Crippen LogP contribution in [0.5, 0.6) is 5.75 Å². The van der Waals surface area contributed by atoms with Gasteiger partial charge in [0.05, 0.1) is 0 Å². The summed E-state index contributed by atoms with van der Waals surface area (Å²) in [6, 6.07) is 4.76. The quantitative estimate of drug-likeness (QED) is 0.761. The highest BCUT2D eigenvalue weighted by atomic mass is 16.3. The normalized spacial score (nSPS) is 19.4. The second-order valence-electron chi connectivity index (χ2n) is 5.75. The van der Waals surface area contributed by atoms with Crippen LogP contribution in [0.3, 0.4) is 0 Å². The maximum atomic E-state index is 12.1. The summed E-state index contributed by atoms with van der Waals surface area (Å²) in [5, 5.41) is 21.5. The van der Waals surface area contributed by atoms with Crippen LogP contribution in [0.2, 0.25) is 0 Å². The van der Waals surface area contributed by atoms with Crippen molar-refractivity contribution in [1.29, 1.82) is 0 Å². The van der Waals surface area contributed by atoms with Gasteiger partial charge in [0.1, 0.15) is 5.75 Å². The minimum absolute atomic E-state index is 0.108. The van der Waals surface area contributed by atoms with Crippen molar-refractivity contribution in [3.63, 3.8) is 0 Å². The number of phenols is 1. The third-order valence-electron chi connectivity index (χ3n) is 4.03. The van der Waals surface area contributed by atoms with Crippen molar-refractivity contribution in [2.45, 2.75) is 19.8 Å². The lowest BCUT2D eigenvalue weighted by atomic mass is 9.99. The van der Waals surface area contributed by atoms with Gasteiger partial charge in [0, 0.05) is 31.8 Å². The Kier molecular flexibility index (Phi) is 5.59. The van der Waals surface area contributed by atoms with Crippen LogP contribution in [-0.2, 0) is 0 Å². The third-order valence-corrected chi connectivity index (χ3v) is 4.03. The van der Waals surface area contributed by atoms with Gasteiger partial charge in [0.25, 0.3) is 5.91 Å². The lowest BCUT2D eigenvalue weighted by molar-refractivity contribution is 0.0930. The van der Waals surface area contributed by atoms with E-state index in [1.807, 2.05) is 6.92 Å². The molecule has 0 spiro atoms. The van der Waals surface area contributed by atoms with Gasteiger partial charge in [-0.1, -0.05) is 0 Å². The highest BCUT2D eigenvalue weighted by molar-refractivity contribution is 5.95. The smallest absolute Gasteiger partial charge is 0.251 e. The largest absolute Gasteiger partial charge is 0.508 e. The lowest BCUT2D eigenvalue weighted by Crippen LogP contribution is -2.41. The van der Waals surface area contributed by atoms with Crippen LogP contribution in [0.15, 0.2) is 18.2 Å². The fourth-order valence-corrected chi connectivity index (χ4v) is 2.83. The molecule has 1 aliphatic rings. The molecular weight excluding hydrogens is 268 g/mol. The molecule has 0 radical (unpaired) electrons. The third kappa shape index (κ3) is 4.44. The maximum absolute atomic E-state index is 12.1. The van der Waals surface area contributed by atoms with Gasteiger partial charge < -0.3 is 20.4 Å². The predicted molar refractivity (Wildman–Crippen MR) is 81.4 cm³/mol. The number of carbonyl (C=O) groups is 1. The van der Waals surface area contributed by atoms with E-state index in [2.05, 4.69) is 10.2 Å². The van der Waals surface area contributed by atoms with E-state index >= 15 is 0 Å². The Bertz CT molecular complexity index is 490. The van der Waals surface area contributed by atoms with E-state index in [1.165, 1.54) is 6.07 Å². The second kappa shape index (κ2) is 7.43. The molecule has 2 rings (SSSR count). The zero-order chi connectivity index (χ0) is 15.2. The van der Waals surface area contributed by atoms with Gasteiger partial charge in [-0.25, -0.2) is 0 Å². The fourth-order valence-electron chi connectivity index (χ4n) is 2.83. The fraction of sp³-hybridized carbons (Fsp3) is 0.562. The molecule has 1 aromatic carbocycles. The van der Waals surface area contributed by atoms with Gasteiger partial charge in [-0.2, -0.15) is 0 Å². The van der Waals surface area contributed by atoms with Gasteiger partial charge in [0.15, 0.2) is 0 Å². The molecule has 116 valence electrons. The number of aryl methyl sites for hydroxylation is 1. The minimum atomic E-state index is -0.108. The molecule has 1 atom stereocenters. The number of piperidine rings is 1. The average molecular weight is 292 g/mol. The van der Waals surface area contributed by atoms with Crippen LogP contribution in [0.25, 0.3) is 0 Å². The zero-order valence-corrected chi connectivity index (χ0v) is 12.5. The number of aliphatic hydroxyl groups excluding tert-OH is 1. The van der Waals surface area contributed by atoms with Gasteiger partial charge in [-0.15, -0.1) is 0 Å². The Morgan fingerprint density at radius 3 is 3.00 bits per heavy atom. The summed E-state index contributed by atoms with van der Waals surface area (Å²) in [5.41, 5.74) is 1.37. The Hall–Kier alpha value is -1.59. The van der Waals surface area contributed by atoms with Crippen molar-refractivity contribution in [3.8, 4) is 5.75 Å².